The van der Waals surface area contributed by atoms with Gasteiger partial charge in [-0.3, -0.25) is 4.79 Å². The number of aromatic nitrogens is 4. The van der Waals surface area contributed by atoms with Crippen molar-refractivity contribution in [3.05, 3.63) is 66.4 Å². The highest BCUT2D eigenvalue weighted by Gasteiger charge is 2.19. The van der Waals surface area contributed by atoms with Crippen LogP contribution in [-0.2, 0) is 11.3 Å². The molecule has 1 unspecified atom stereocenters. The molecule has 4 aromatic rings. The standard InChI is InChI=1S/C23H22FN5O3S/c1-14(22(30)25-11-15-4-9-19(31-2)20(10-15)32-3)33-23-18-12-28-29(21(18)26-13-27-23)17-7-5-16(24)6-8-17/h4-10,12-14H,11H2,1-3H3,(H,25,30). The molecule has 0 aliphatic rings. The number of ether oxygens (including phenoxy) is 2. The Kier molecular flexibility index (Phi) is 6.74. The average Bonchev–Trinajstić information content (AvgIpc) is 3.28. The fraction of sp³-hybridized carbons (Fsp3) is 0.217. The monoisotopic (exact) mass is 467 g/mol. The van der Waals surface area contributed by atoms with E-state index in [1.54, 1.807) is 43.3 Å². The first kappa shape index (κ1) is 22.5. The summed E-state index contributed by atoms with van der Waals surface area (Å²) in [6, 6.07) is 11.5. The number of nitrogens with zero attached hydrogens (tertiary/aromatic N) is 4. The summed E-state index contributed by atoms with van der Waals surface area (Å²) in [5.74, 6) is 0.778. The second kappa shape index (κ2) is 9.86. The lowest BCUT2D eigenvalue weighted by atomic mass is 10.2. The molecule has 170 valence electrons. The minimum atomic E-state index is -0.405. The number of hydrogen-bond donors (Lipinski definition) is 1. The van der Waals surface area contributed by atoms with Crippen LogP contribution in [0.15, 0.2) is 60.0 Å². The van der Waals surface area contributed by atoms with Gasteiger partial charge in [0.25, 0.3) is 0 Å². The molecule has 2 aromatic heterocycles. The van der Waals surface area contributed by atoms with Crippen molar-refractivity contribution >= 4 is 28.7 Å². The number of carbonyl (C=O) groups is 1. The van der Waals surface area contributed by atoms with Gasteiger partial charge in [0.1, 0.15) is 17.2 Å². The predicted octanol–water partition coefficient (Wildman–Crippen LogP) is 3.77. The Hall–Kier alpha value is -3.66. The molecule has 33 heavy (non-hydrogen) atoms. The highest BCUT2D eigenvalue weighted by Crippen LogP contribution is 2.30. The SMILES string of the molecule is COc1ccc(CNC(=O)C(C)Sc2ncnc3c2cnn3-c2ccc(F)cc2)cc1OC. The molecule has 0 bridgehead atoms. The minimum Gasteiger partial charge on any atom is -0.493 e. The number of carbonyl (C=O) groups excluding carboxylic acids is 1. The maximum Gasteiger partial charge on any atom is 0.233 e. The lowest BCUT2D eigenvalue weighted by molar-refractivity contribution is -0.120. The Morgan fingerprint density at radius 3 is 2.61 bits per heavy atom. The van der Waals surface area contributed by atoms with Crippen LogP contribution < -0.4 is 14.8 Å². The summed E-state index contributed by atoms with van der Waals surface area (Å²) in [6.07, 6.45) is 3.08. The molecule has 4 rings (SSSR count). The van der Waals surface area contributed by atoms with E-state index in [0.717, 1.165) is 5.56 Å². The lowest BCUT2D eigenvalue weighted by Crippen LogP contribution is -2.30. The van der Waals surface area contributed by atoms with Crippen LogP contribution in [0.2, 0.25) is 0 Å². The molecule has 0 saturated carbocycles. The summed E-state index contributed by atoms with van der Waals surface area (Å²) in [5, 5.41) is 8.26. The van der Waals surface area contributed by atoms with Crippen molar-refractivity contribution in [1.29, 1.82) is 0 Å². The maximum atomic E-state index is 13.3. The van der Waals surface area contributed by atoms with E-state index in [0.29, 0.717) is 39.8 Å². The molecule has 0 aliphatic heterocycles. The molecule has 1 N–H and O–H groups in total. The van der Waals surface area contributed by atoms with E-state index >= 15 is 0 Å². The number of fused-ring (bicyclic) bond motifs is 1. The van der Waals surface area contributed by atoms with Crippen molar-refractivity contribution in [1.82, 2.24) is 25.1 Å². The molecule has 2 heterocycles. The molecular formula is C23H22FN5O3S. The van der Waals surface area contributed by atoms with Gasteiger partial charge in [-0.1, -0.05) is 17.8 Å². The van der Waals surface area contributed by atoms with Crippen LogP contribution >= 0.6 is 11.8 Å². The summed E-state index contributed by atoms with van der Waals surface area (Å²) in [7, 11) is 3.14. The quantitative estimate of drug-likeness (QED) is 0.312. The fourth-order valence-electron chi connectivity index (χ4n) is 3.23. The van der Waals surface area contributed by atoms with Crippen molar-refractivity contribution in [3.8, 4) is 17.2 Å². The van der Waals surface area contributed by atoms with Gasteiger partial charge in [-0.15, -0.1) is 0 Å². The average molecular weight is 468 g/mol. The Balaban J connectivity index is 1.46. The molecule has 8 nitrogen and oxygen atoms in total. The van der Waals surface area contributed by atoms with Crippen LogP contribution in [0.25, 0.3) is 16.7 Å². The minimum absolute atomic E-state index is 0.132. The van der Waals surface area contributed by atoms with Crippen LogP contribution in [0, 0.1) is 5.82 Å². The van der Waals surface area contributed by atoms with Crippen LogP contribution in [0.1, 0.15) is 12.5 Å². The smallest absolute Gasteiger partial charge is 0.233 e. The third-order valence-corrected chi connectivity index (χ3v) is 6.09. The summed E-state index contributed by atoms with van der Waals surface area (Å²) < 4.78 is 25.4. The van der Waals surface area contributed by atoms with Gasteiger partial charge in [0, 0.05) is 6.54 Å². The van der Waals surface area contributed by atoms with E-state index in [1.165, 1.54) is 30.2 Å². The fourth-order valence-corrected chi connectivity index (χ4v) is 4.14. The van der Waals surface area contributed by atoms with Crippen LogP contribution in [0.3, 0.4) is 0 Å². The van der Waals surface area contributed by atoms with Gasteiger partial charge in [0.15, 0.2) is 17.1 Å². The van der Waals surface area contributed by atoms with E-state index in [9.17, 15) is 9.18 Å². The number of amides is 1. The van der Waals surface area contributed by atoms with Gasteiger partial charge in [-0.2, -0.15) is 5.10 Å². The van der Waals surface area contributed by atoms with Gasteiger partial charge in [0.2, 0.25) is 5.91 Å². The van der Waals surface area contributed by atoms with Crippen LogP contribution in [0.5, 0.6) is 11.5 Å². The largest absolute Gasteiger partial charge is 0.493 e. The Morgan fingerprint density at radius 1 is 1.12 bits per heavy atom. The first-order valence-corrected chi connectivity index (χ1v) is 11.0. The van der Waals surface area contributed by atoms with Gasteiger partial charge in [-0.05, 0) is 48.9 Å². The van der Waals surface area contributed by atoms with Crippen LogP contribution in [-0.4, -0.2) is 45.1 Å². The third kappa shape index (κ3) is 4.90. The van der Waals surface area contributed by atoms with Crippen molar-refractivity contribution < 1.29 is 18.7 Å². The van der Waals surface area contributed by atoms with E-state index in [1.807, 2.05) is 19.1 Å². The molecule has 1 atom stereocenters. The second-order valence-electron chi connectivity index (χ2n) is 7.12. The van der Waals surface area contributed by atoms with Crippen molar-refractivity contribution in [2.45, 2.75) is 23.7 Å². The molecule has 0 spiro atoms. The molecule has 10 heteroatoms. The number of nitrogens with one attached hydrogen (secondary N) is 1. The summed E-state index contributed by atoms with van der Waals surface area (Å²) in [4.78, 5) is 21.4. The zero-order valence-electron chi connectivity index (χ0n) is 18.3. The van der Waals surface area contributed by atoms with Gasteiger partial charge in [0.05, 0.1) is 36.7 Å². The molecule has 0 saturated heterocycles. The molecular weight excluding hydrogens is 445 g/mol. The van der Waals surface area contributed by atoms with Gasteiger partial charge < -0.3 is 14.8 Å². The molecule has 0 radical (unpaired) electrons. The van der Waals surface area contributed by atoms with E-state index in [2.05, 4.69) is 20.4 Å². The summed E-state index contributed by atoms with van der Waals surface area (Å²) in [6.45, 7) is 2.17. The Bertz CT molecular complexity index is 1280. The molecule has 2 aromatic carbocycles. The number of hydrogen-bond acceptors (Lipinski definition) is 7. The summed E-state index contributed by atoms with van der Waals surface area (Å²) in [5.41, 5.74) is 2.15. The Morgan fingerprint density at radius 2 is 1.88 bits per heavy atom. The van der Waals surface area contributed by atoms with Crippen molar-refractivity contribution in [2.75, 3.05) is 14.2 Å². The lowest BCUT2D eigenvalue weighted by Gasteiger charge is -2.13. The number of methoxy groups -OCH3 is 2. The second-order valence-corrected chi connectivity index (χ2v) is 8.45. The first-order chi connectivity index (χ1) is 16.0. The highest BCUT2D eigenvalue weighted by molar-refractivity contribution is 8.00. The first-order valence-electron chi connectivity index (χ1n) is 10.1. The Labute approximate surface area is 194 Å². The number of thioether (sulfide) groups is 1. The number of halogens is 1. The highest BCUT2D eigenvalue weighted by atomic mass is 32.2. The summed E-state index contributed by atoms with van der Waals surface area (Å²) >= 11 is 1.32. The van der Waals surface area contributed by atoms with E-state index < -0.39 is 5.25 Å². The number of rotatable bonds is 8. The van der Waals surface area contributed by atoms with Crippen molar-refractivity contribution in [2.24, 2.45) is 0 Å². The molecule has 0 aliphatic carbocycles. The zero-order chi connectivity index (χ0) is 23.4. The zero-order valence-corrected chi connectivity index (χ0v) is 19.1. The van der Waals surface area contributed by atoms with E-state index in [4.69, 9.17) is 9.47 Å². The predicted molar refractivity (Wildman–Crippen MR) is 123 cm³/mol. The molecule has 1 amide bonds. The van der Waals surface area contributed by atoms with Gasteiger partial charge in [-0.25, -0.2) is 19.0 Å². The van der Waals surface area contributed by atoms with Gasteiger partial charge >= 0.3 is 0 Å². The normalized spacial score (nSPS) is 11.9. The van der Waals surface area contributed by atoms with Crippen molar-refractivity contribution in [3.63, 3.8) is 0 Å². The topological polar surface area (TPSA) is 91.2 Å². The molecule has 0 fully saturated rings. The third-order valence-electron chi connectivity index (χ3n) is 4.97. The van der Waals surface area contributed by atoms with E-state index in [-0.39, 0.29) is 11.7 Å². The number of benzene rings is 2. The van der Waals surface area contributed by atoms with Crippen LogP contribution in [0.4, 0.5) is 4.39 Å². The maximum absolute atomic E-state index is 13.3.